The number of nitrogens with zero attached hydrogens (tertiary/aromatic N) is 2. The minimum Gasteiger partial charge on any atom is -0.461 e. The molecule has 0 fully saturated rings. The third-order valence-corrected chi connectivity index (χ3v) is 3.68. The monoisotopic (exact) mass is 355 g/mol. The highest BCUT2D eigenvalue weighted by molar-refractivity contribution is 5.89. The van der Waals surface area contributed by atoms with Gasteiger partial charge in [-0.05, 0) is 24.3 Å². The van der Waals surface area contributed by atoms with E-state index in [-0.39, 0.29) is 18.1 Å². The van der Waals surface area contributed by atoms with E-state index in [4.69, 9.17) is 9.15 Å². The molecule has 0 aliphatic rings. The highest BCUT2D eigenvalue weighted by Gasteiger charge is 2.11. The lowest BCUT2D eigenvalue weighted by atomic mass is 10.1. The number of aromatic nitrogens is 2. The van der Waals surface area contributed by atoms with Crippen LogP contribution in [0.15, 0.2) is 53.2 Å². The summed E-state index contributed by atoms with van der Waals surface area (Å²) >= 11 is 0. The van der Waals surface area contributed by atoms with Gasteiger partial charge in [-0.15, -0.1) is 0 Å². The lowest BCUT2D eigenvalue weighted by molar-refractivity contribution is -0.116. The molecular formula is C19H18FN3O3. The third-order valence-electron chi connectivity index (χ3n) is 3.68. The number of hydrogen-bond acceptors (Lipinski definition) is 5. The van der Waals surface area contributed by atoms with E-state index < -0.39 is 0 Å². The summed E-state index contributed by atoms with van der Waals surface area (Å²) < 4.78 is 24.4. The zero-order chi connectivity index (χ0) is 18.4. The Bertz CT molecular complexity index is 895. The number of amides is 1. The summed E-state index contributed by atoms with van der Waals surface area (Å²) in [6.45, 7) is 0.344. The predicted molar refractivity (Wildman–Crippen MR) is 93.8 cm³/mol. The van der Waals surface area contributed by atoms with Crippen molar-refractivity contribution in [1.82, 2.24) is 9.97 Å². The molecule has 134 valence electrons. The number of rotatable bonds is 7. The van der Waals surface area contributed by atoms with Gasteiger partial charge in [0.1, 0.15) is 29.5 Å². The second-order valence-electron chi connectivity index (χ2n) is 5.62. The third kappa shape index (κ3) is 4.52. The topological polar surface area (TPSA) is 77.2 Å². The Morgan fingerprint density at radius 2 is 2.08 bits per heavy atom. The number of halogens is 1. The van der Waals surface area contributed by atoms with E-state index in [0.29, 0.717) is 41.6 Å². The van der Waals surface area contributed by atoms with Crippen LogP contribution >= 0.6 is 0 Å². The molecule has 0 spiro atoms. The second-order valence-corrected chi connectivity index (χ2v) is 5.62. The Hall–Kier alpha value is -3.06. The van der Waals surface area contributed by atoms with Crippen molar-refractivity contribution in [2.75, 3.05) is 12.4 Å². The highest BCUT2D eigenvalue weighted by Crippen LogP contribution is 2.25. The van der Waals surface area contributed by atoms with E-state index >= 15 is 0 Å². The number of ether oxygens (including phenoxy) is 1. The molecule has 0 saturated carbocycles. The van der Waals surface area contributed by atoms with E-state index in [1.807, 2.05) is 0 Å². The van der Waals surface area contributed by atoms with E-state index in [1.165, 1.54) is 12.4 Å². The van der Waals surface area contributed by atoms with Crippen molar-refractivity contribution in [2.45, 2.75) is 19.4 Å². The first-order chi connectivity index (χ1) is 12.7. The molecule has 26 heavy (non-hydrogen) atoms. The van der Waals surface area contributed by atoms with Crippen molar-refractivity contribution in [3.63, 3.8) is 0 Å². The Morgan fingerprint density at radius 1 is 1.23 bits per heavy atom. The van der Waals surface area contributed by atoms with Crippen molar-refractivity contribution in [1.29, 1.82) is 0 Å². The number of aryl methyl sites for hydroxylation is 1. The molecule has 0 saturated heterocycles. The van der Waals surface area contributed by atoms with Crippen LogP contribution in [0.5, 0.6) is 0 Å². The number of hydrogen-bond donors (Lipinski definition) is 1. The summed E-state index contributed by atoms with van der Waals surface area (Å²) in [5.74, 6) is 0.931. The lowest BCUT2D eigenvalue weighted by Gasteiger charge is -2.05. The maximum atomic E-state index is 13.8. The first kappa shape index (κ1) is 17.8. The van der Waals surface area contributed by atoms with Gasteiger partial charge in [0.25, 0.3) is 0 Å². The van der Waals surface area contributed by atoms with Gasteiger partial charge in [-0.1, -0.05) is 12.1 Å². The van der Waals surface area contributed by atoms with Crippen molar-refractivity contribution in [2.24, 2.45) is 0 Å². The molecule has 0 aliphatic heterocycles. The number of furan rings is 1. The fourth-order valence-corrected chi connectivity index (χ4v) is 2.45. The average Bonchev–Trinajstić information content (AvgIpc) is 3.10. The average molecular weight is 355 g/mol. The van der Waals surface area contributed by atoms with Crippen LogP contribution in [-0.4, -0.2) is 23.0 Å². The number of benzene rings is 1. The lowest BCUT2D eigenvalue weighted by Crippen LogP contribution is -2.13. The minimum absolute atomic E-state index is 0.198. The van der Waals surface area contributed by atoms with Crippen LogP contribution in [-0.2, 0) is 22.6 Å². The summed E-state index contributed by atoms with van der Waals surface area (Å²) in [4.78, 5) is 20.1. The molecule has 2 aromatic heterocycles. The molecule has 0 unspecified atom stereocenters. The molecule has 0 radical (unpaired) electrons. The first-order valence-corrected chi connectivity index (χ1v) is 8.09. The molecule has 3 rings (SSSR count). The van der Waals surface area contributed by atoms with Gasteiger partial charge in [0, 0.05) is 26.0 Å². The molecule has 0 aliphatic carbocycles. The maximum absolute atomic E-state index is 13.8. The van der Waals surface area contributed by atoms with Gasteiger partial charge in [-0.25, -0.2) is 14.4 Å². The van der Waals surface area contributed by atoms with Gasteiger partial charge in [0.05, 0.1) is 17.9 Å². The zero-order valence-corrected chi connectivity index (χ0v) is 14.2. The van der Waals surface area contributed by atoms with Gasteiger partial charge in [-0.2, -0.15) is 0 Å². The van der Waals surface area contributed by atoms with Crippen LogP contribution in [0, 0.1) is 5.82 Å². The van der Waals surface area contributed by atoms with Crippen molar-refractivity contribution >= 4 is 11.7 Å². The number of methoxy groups -OCH3 is 1. The Balaban J connectivity index is 1.57. The van der Waals surface area contributed by atoms with Crippen LogP contribution in [0.4, 0.5) is 10.2 Å². The molecule has 1 N–H and O–H groups in total. The standard InChI is InChI=1S/C19H18FN3O3/c1-25-11-13-10-18(22-12-21-13)23-19(24)9-7-14-6-8-17(26-14)15-4-2-3-5-16(15)20/h2-6,8,10,12H,7,9,11H2,1H3,(H,21,22,23,24). The molecule has 0 atom stereocenters. The molecule has 2 heterocycles. The van der Waals surface area contributed by atoms with Crippen LogP contribution in [0.2, 0.25) is 0 Å². The van der Waals surface area contributed by atoms with E-state index in [9.17, 15) is 9.18 Å². The molecule has 3 aromatic rings. The van der Waals surface area contributed by atoms with Crippen molar-refractivity contribution in [3.05, 3.63) is 66.1 Å². The smallest absolute Gasteiger partial charge is 0.225 e. The van der Waals surface area contributed by atoms with Gasteiger partial charge < -0.3 is 14.5 Å². The van der Waals surface area contributed by atoms with Gasteiger partial charge in [-0.3, -0.25) is 4.79 Å². The van der Waals surface area contributed by atoms with Crippen LogP contribution in [0.25, 0.3) is 11.3 Å². The Labute approximate surface area is 150 Å². The Kier molecular flexibility index (Phi) is 5.70. The van der Waals surface area contributed by atoms with Gasteiger partial charge in [0.15, 0.2) is 0 Å². The predicted octanol–water partition coefficient (Wildman–Crippen LogP) is 3.59. The molecule has 6 nitrogen and oxygen atoms in total. The van der Waals surface area contributed by atoms with Gasteiger partial charge >= 0.3 is 0 Å². The molecule has 7 heteroatoms. The first-order valence-electron chi connectivity index (χ1n) is 8.09. The number of carbonyl (C=O) groups is 1. The number of nitrogens with one attached hydrogen (secondary N) is 1. The Morgan fingerprint density at radius 3 is 2.88 bits per heavy atom. The summed E-state index contributed by atoms with van der Waals surface area (Å²) in [6.07, 6.45) is 1.99. The molecule has 1 amide bonds. The van der Waals surface area contributed by atoms with Crippen LogP contribution in [0.1, 0.15) is 17.9 Å². The minimum atomic E-state index is -0.346. The second kappa shape index (κ2) is 8.35. The summed E-state index contributed by atoms with van der Waals surface area (Å²) in [5.41, 5.74) is 1.08. The SMILES string of the molecule is COCc1cc(NC(=O)CCc2ccc(-c3ccccc3F)o2)ncn1. The summed E-state index contributed by atoms with van der Waals surface area (Å²) in [7, 11) is 1.57. The largest absolute Gasteiger partial charge is 0.461 e. The van der Waals surface area contributed by atoms with E-state index in [2.05, 4.69) is 15.3 Å². The molecule has 1 aromatic carbocycles. The van der Waals surface area contributed by atoms with E-state index in [1.54, 1.807) is 43.5 Å². The van der Waals surface area contributed by atoms with Crippen molar-refractivity contribution in [3.8, 4) is 11.3 Å². The number of carbonyl (C=O) groups excluding carboxylic acids is 1. The van der Waals surface area contributed by atoms with E-state index in [0.717, 1.165) is 0 Å². The zero-order valence-electron chi connectivity index (χ0n) is 14.2. The fourth-order valence-electron chi connectivity index (χ4n) is 2.45. The summed E-state index contributed by atoms with van der Waals surface area (Å²) in [5, 5.41) is 2.71. The quantitative estimate of drug-likeness (QED) is 0.701. The van der Waals surface area contributed by atoms with Gasteiger partial charge in [0.2, 0.25) is 5.91 Å². The van der Waals surface area contributed by atoms with Crippen LogP contribution in [0.3, 0.4) is 0 Å². The summed E-state index contributed by atoms with van der Waals surface area (Å²) in [6, 6.07) is 11.5. The normalized spacial score (nSPS) is 10.7. The molecule has 0 bridgehead atoms. The van der Waals surface area contributed by atoms with Crippen molar-refractivity contribution < 1.29 is 18.3 Å². The fraction of sp³-hybridized carbons (Fsp3) is 0.211. The highest BCUT2D eigenvalue weighted by atomic mass is 19.1. The number of anilines is 1. The maximum Gasteiger partial charge on any atom is 0.225 e. The van der Waals surface area contributed by atoms with Crippen LogP contribution < -0.4 is 5.32 Å². The molecular weight excluding hydrogens is 337 g/mol.